The number of amides is 1. The lowest BCUT2D eigenvalue weighted by molar-refractivity contribution is 0.181. The summed E-state index contributed by atoms with van der Waals surface area (Å²) in [4.78, 5) is 21.5. The van der Waals surface area contributed by atoms with Crippen LogP contribution in [0.1, 0.15) is 23.6 Å². The minimum absolute atomic E-state index is 0.0111. The molecule has 5 rings (SSSR count). The van der Waals surface area contributed by atoms with Gasteiger partial charge in [-0.2, -0.15) is 0 Å². The molecule has 1 amide bonds. The third kappa shape index (κ3) is 4.73. The third-order valence-electron chi connectivity index (χ3n) is 5.95. The predicted octanol–water partition coefficient (Wildman–Crippen LogP) is 5.76. The van der Waals surface area contributed by atoms with Crippen molar-refractivity contribution in [2.75, 3.05) is 24.6 Å². The summed E-state index contributed by atoms with van der Waals surface area (Å²) in [7, 11) is 0. The van der Waals surface area contributed by atoms with E-state index in [1.54, 1.807) is 17.0 Å². The van der Waals surface area contributed by atoms with E-state index in [1.165, 1.54) is 5.56 Å². The standard InChI is InChI=1S/C27H25ClN4O3/c1-2-29-16-17-3-8-20(9-4-17)30-25(24-22-12-7-19(28)15-23(22)31-26(24)33)18-5-10-21(11-6-18)32-13-14-35-27(32)34/h3-12,15,29,31,33H,2,13-14,16H2,1H3. The Labute approximate surface area is 208 Å². The fraction of sp³-hybridized carbons (Fsp3) is 0.185. The summed E-state index contributed by atoms with van der Waals surface area (Å²) in [6.45, 7) is 4.66. The van der Waals surface area contributed by atoms with Crippen LogP contribution < -0.4 is 10.2 Å². The van der Waals surface area contributed by atoms with E-state index in [1.807, 2.05) is 54.6 Å². The molecule has 3 N–H and O–H groups in total. The number of benzene rings is 3. The van der Waals surface area contributed by atoms with E-state index >= 15 is 0 Å². The number of ether oxygens (including phenoxy) is 1. The zero-order valence-corrected chi connectivity index (χ0v) is 20.0. The molecule has 0 aliphatic carbocycles. The van der Waals surface area contributed by atoms with Crippen LogP contribution in [0.3, 0.4) is 0 Å². The first-order valence-electron chi connectivity index (χ1n) is 11.5. The number of fused-ring (bicyclic) bond motifs is 1. The highest BCUT2D eigenvalue weighted by molar-refractivity contribution is 6.31. The summed E-state index contributed by atoms with van der Waals surface area (Å²) < 4.78 is 5.05. The molecule has 0 bridgehead atoms. The lowest BCUT2D eigenvalue weighted by Crippen LogP contribution is -2.23. The Bertz CT molecular complexity index is 1390. The van der Waals surface area contributed by atoms with Crippen LogP contribution in [0.25, 0.3) is 10.9 Å². The molecule has 1 aliphatic rings. The van der Waals surface area contributed by atoms with E-state index in [0.717, 1.165) is 40.9 Å². The van der Waals surface area contributed by atoms with Crippen molar-refractivity contribution >= 4 is 45.7 Å². The minimum atomic E-state index is -0.351. The van der Waals surface area contributed by atoms with Crippen molar-refractivity contribution in [2.24, 2.45) is 4.99 Å². The van der Waals surface area contributed by atoms with Crippen LogP contribution in [-0.4, -0.2) is 41.6 Å². The maximum absolute atomic E-state index is 12.0. The number of aromatic hydroxyl groups is 1. The Hall–Kier alpha value is -3.81. The van der Waals surface area contributed by atoms with Crippen LogP contribution in [0.2, 0.25) is 5.02 Å². The number of rotatable bonds is 7. The van der Waals surface area contributed by atoms with Crippen LogP contribution >= 0.6 is 11.6 Å². The number of nitrogens with one attached hydrogen (secondary N) is 2. The maximum Gasteiger partial charge on any atom is 0.414 e. The summed E-state index contributed by atoms with van der Waals surface area (Å²) >= 11 is 6.17. The number of aromatic nitrogens is 1. The number of carbonyl (C=O) groups is 1. The summed E-state index contributed by atoms with van der Waals surface area (Å²) in [5, 5.41) is 15.6. The van der Waals surface area contributed by atoms with Gasteiger partial charge in [0.25, 0.3) is 0 Å². The van der Waals surface area contributed by atoms with Gasteiger partial charge >= 0.3 is 6.09 Å². The van der Waals surface area contributed by atoms with Gasteiger partial charge in [0.1, 0.15) is 6.61 Å². The average molecular weight is 489 g/mol. The van der Waals surface area contributed by atoms with Gasteiger partial charge in [-0.1, -0.05) is 48.9 Å². The number of nitrogens with zero attached hydrogens (tertiary/aromatic N) is 2. The van der Waals surface area contributed by atoms with Crippen molar-refractivity contribution in [2.45, 2.75) is 13.5 Å². The second kappa shape index (κ2) is 9.82. The minimum Gasteiger partial charge on any atom is -0.494 e. The molecular weight excluding hydrogens is 464 g/mol. The topological polar surface area (TPSA) is 89.9 Å². The van der Waals surface area contributed by atoms with Gasteiger partial charge in [0.15, 0.2) is 5.88 Å². The molecule has 178 valence electrons. The normalized spacial score (nSPS) is 14.1. The molecule has 35 heavy (non-hydrogen) atoms. The fourth-order valence-electron chi connectivity index (χ4n) is 4.17. The molecule has 0 saturated carbocycles. The quantitative estimate of drug-likeness (QED) is 0.288. The predicted molar refractivity (Wildman–Crippen MR) is 139 cm³/mol. The smallest absolute Gasteiger partial charge is 0.414 e. The average Bonchev–Trinajstić information content (AvgIpc) is 3.43. The second-order valence-electron chi connectivity index (χ2n) is 8.26. The first-order chi connectivity index (χ1) is 17.0. The van der Waals surface area contributed by atoms with E-state index in [0.29, 0.717) is 29.4 Å². The first kappa shape index (κ1) is 23.0. The van der Waals surface area contributed by atoms with Crippen LogP contribution in [-0.2, 0) is 11.3 Å². The molecule has 7 nitrogen and oxygen atoms in total. The van der Waals surface area contributed by atoms with Crippen molar-refractivity contribution in [3.8, 4) is 5.88 Å². The first-order valence-corrected chi connectivity index (χ1v) is 11.8. The molecule has 0 radical (unpaired) electrons. The van der Waals surface area contributed by atoms with E-state index < -0.39 is 0 Å². The number of hydrogen-bond acceptors (Lipinski definition) is 5. The van der Waals surface area contributed by atoms with Gasteiger partial charge in [0.05, 0.1) is 29.0 Å². The number of anilines is 1. The Kier molecular flexibility index (Phi) is 6.44. The van der Waals surface area contributed by atoms with Gasteiger partial charge < -0.3 is 20.1 Å². The van der Waals surface area contributed by atoms with Gasteiger partial charge in [0.2, 0.25) is 0 Å². The Morgan fingerprint density at radius 1 is 1.14 bits per heavy atom. The highest BCUT2D eigenvalue weighted by Gasteiger charge is 2.24. The zero-order chi connectivity index (χ0) is 24.4. The van der Waals surface area contributed by atoms with Gasteiger partial charge in [-0.15, -0.1) is 0 Å². The molecule has 0 spiro atoms. The van der Waals surface area contributed by atoms with Crippen LogP contribution in [0.15, 0.2) is 71.7 Å². The zero-order valence-electron chi connectivity index (χ0n) is 19.2. The summed E-state index contributed by atoms with van der Waals surface area (Å²) in [6.07, 6.45) is -0.351. The SMILES string of the molecule is CCNCc1ccc(N=C(c2ccc(N3CCOC3=O)cc2)c2c(O)[nH]c3cc(Cl)ccc23)cc1. The van der Waals surface area contributed by atoms with Crippen molar-refractivity contribution in [1.29, 1.82) is 0 Å². The molecule has 1 saturated heterocycles. The van der Waals surface area contributed by atoms with Crippen LogP contribution in [0.5, 0.6) is 5.88 Å². The van der Waals surface area contributed by atoms with Crippen LogP contribution in [0.4, 0.5) is 16.2 Å². The molecule has 1 fully saturated rings. The van der Waals surface area contributed by atoms with E-state index in [-0.39, 0.29) is 12.0 Å². The largest absolute Gasteiger partial charge is 0.494 e. The highest BCUT2D eigenvalue weighted by Crippen LogP contribution is 2.33. The van der Waals surface area contributed by atoms with Crippen LogP contribution in [0, 0.1) is 0 Å². The fourth-order valence-corrected chi connectivity index (χ4v) is 4.35. The second-order valence-corrected chi connectivity index (χ2v) is 8.70. The lowest BCUT2D eigenvalue weighted by atomic mass is 10.00. The number of hydrogen-bond donors (Lipinski definition) is 3. The third-order valence-corrected chi connectivity index (χ3v) is 6.18. The van der Waals surface area contributed by atoms with Gasteiger partial charge in [-0.25, -0.2) is 9.79 Å². The number of aromatic amines is 1. The molecule has 8 heteroatoms. The van der Waals surface area contributed by atoms with Gasteiger partial charge in [-0.3, -0.25) is 4.90 Å². The maximum atomic E-state index is 12.0. The van der Waals surface area contributed by atoms with Crippen molar-refractivity contribution in [3.05, 3.63) is 88.4 Å². The number of aliphatic imine (C=N–C) groups is 1. The van der Waals surface area contributed by atoms with Crippen molar-refractivity contribution < 1.29 is 14.6 Å². The van der Waals surface area contributed by atoms with Crippen molar-refractivity contribution in [1.82, 2.24) is 10.3 Å². The number of halogens is 1. The monoisotopic (exact) mass is 488 g/mol. The molecule has 3 aromatic carbocycles. The summed E-state index contributed by atoms with van der Waals surface area (Å²) in [5.74, 6) is 0.0111. The lowest BCUT2D eigenvalue weighted by Gasteiger charge is -2.14. The molecule has 4 aromatic rings. The highest BCUT2D eigenvalue weighted by atomic mass is 35.5. The molecule has 0 atom stereocenters. The molecule has 2 heterocycles. The molecule has 1 aromatic heterocycles. The van der Waals surface area contributed by atoms with Gasteiger partial charge in [-0.05, 0) is 48.5 Å². The van der Waals surface area contributed by atoms with Crippen molar-refractivity contribution in [3.63, 3.8) is 0 Å². The Balaban J connectivity index is 1.59. The van der Waals surface area contributed by atoms with E-state index in [2.05, 4.69) is 17.2 Å². The molecular formula is C27H25ClN4O3. The number of H-pyrrole nitrogens is 1. The number of cyclic esters (lactones) is 1. The summed E-state index contributed by atoms with van der Waals surface area (Å²) in [6, 6.07) is 20.9. The molecule has 0 unspecified atom stereocenters. The van der Waals surface area contributed by atoms with Gasteiger partial charge in [0, 0.05) is 28.2 Å². The number of carbonyl (C=O) groups excluding carboxylic acids is 1. The Morgan fingerprint density at radius 2 is 1.91 bits per heavy atom. The molecule has 1 aliphatic heterocycles. The Morgan fingerprint density at radius 3 is 2.60 bits per heavy atom. The van der Waals surface area contributed by atoms with E-state index in [9.17, 15) is 9.90 Å². The van der Waals surface area contributed by atoms with E-state index in [4.69, 9.17) is 21.3 Å². The summed E-state index contributed by atoms with van der Waals surface area (Å²) in [5.41, 5.74) is 5.37.